The summed E-state index contributed by atoms with van der Waals surface area (Å²) in [4.78, 5) is 10.6. The van der Waals surface area contributed by atoms with Crippen molar-refractivity contribution in [3.8, 4) is 11.5 Å². The first kappa shape index (κ1) is 14.7. The average Bonchev–Trinajstić information content (AvgIpc) is 2.45. The highest BCUT2D eigenvalue weighted by Gasteiger charge is 2.14. The van der Waals surface area contributed by atoms with Crippen molar-refractivity contribution in [2.45, 2.75) is 13.8 Å². The highest BCUT2D eigenvalue weighted by Crippen LogP contribution is 2.35. The molecular formula is C14H18ClN3O2. The van der Waals surface area contributed by atoms with Crippen molar-refractivity contribution >= 4 is 28.3 Å². The van der Waals surface area contributed by atoms with Gasteiger partial charge in [0.05, 0.1) is 19.2 Å². The Hall–Kier alpha value is -1.75. The van der Waals surface area contributed by atoms with Gasteiger partial charge in [0, 0.05) is 25.0 Å². The van der Waals surface area contributed by atoms with Crippen molar-refractivity contribution in [2.75, 3.05) is 32.2 Å². The first-order valence-corrected chi connectivity index (χ1v) is 6.87. The molecule has 0 aliphatic carbocycles. The minimum absolute atomic E-state index is 0.221. The van der Waals surface area contributed by atoms with Gasteiger partial charge in [0.15, 0.2) is 11.5 Å². The van der Waals surface area contributed by atoms with Crippen LogP contribution in [-0.2, 0) is 0 Å². The monoisotopic (exact) mass is 295 g/mol. The molecule has 20 heavy (non-hydrogen) atoms. The third-order valence-electron chi connectivity index (χ3n) is 3.07. The maximum absolute atomic E-state index is 6.00. The fraction of sp³-hybridized carbons (Fsp3) is 0.429. The second kappa shape index (κ2) is 6.13. The molecule has 0 aliphatic rings. The summed E-state index contributed by atoms with van der Waals surface area (Å²) < 4.78 is 10.9. The Morgan fingerprint density at radius 1 is 1.20 bits per heavy atom. The molecule has 6 heteroatoms. The molecule has 0 saturated carbocycles. The number of methoxy groups -OCH3 is 1. The van der Waals surface area contributed by atoms with Crippen LogP contribution in [0, 0.1) is 0 Å². The Balaban J connectivity index is 2.71. The molecule has 0 amide bonds. The predicted molar refractivity (Wildman–Crippen MR) is 81.2 cm³/mol. The van der Waals surface area contributed by atoms with Crippen LogP contribution in [0.1, 0.15) is 13.8 Å². The van der Waals surface area contributed by atoms with Gasteiger partial charge in [-0.25, -0.2) is 4.98 Å². The number of aromatic nitrogens is 2. The number of hydrogen-bond donors (Lipinski definition) is 0. The molecule has 0 N–H and O–H groups in total. The number of hydrogen-bond acceptors (Lipinski definition) is 5. The zero-order valence-corrected chi connectivity index (χ0v) is 12.9. The summed E-state index contributed by atoms with van der Waals surface area (Å²) in [7, 11) is 3.56. The van der Waals surface area contributed by atoms with Crippen molar-refractivity contribution < 1.29 is 9.47 Å². The second-order valence-electron chi connectivity index (χ2n) is 4.28. The van der Waals surface area contributed by atoms with Gasteiger partial charge in [-0.1, -0.05) is 0 Å². The summed E-state index contributed by atoms with van der Waals surface area (Å²) in [6, 6.07) is 3.72. The highest BCUT2D eigenvalue weighted by atomic mass is 35.5. The van der Waals surface area contributed by atoms with Crippen molar-refractivity contribution in [1.82, 2.24) is 9.97 Å². The molecule has 0 unspecified atom stereocenters. The van der Waals surface area contributed by atoms with E-state index in [9.17, 15) is 0 Å². The molecule has 0 radical (unpaired) electrons. The van der Waals surface area contributed by atoms with Gasteiger partial charge in [0.25, 0.3) is 0 Å². The van der Waals surface area contributed by atoms with Crippen molar-refractivity contribution in [3.63, 3.8) is 0 Å². The average molecular weight is 296 g/mol. The highest BCUT2D eigenvalue weighted by molar-refractivity contribution is 6.28. The Morgan fingerprint density at radius 2 is 1.95 bits per heavy atom. The standard InChI is InChI=1S/C14H18ClN3O2/c1-5-18(3)13-9-7-12(20-6-2)11(19-4)8-10(9)16-14(15)17-13/h7-8H,5-6H2,1-4H3. The van der Waals surface area contributed by atoms with Crippen LogP contribution < -0.4 is 14.4 Å². The van der Waals surface area contributed by atoms with Gasteiger partial charge in [-0.05, 0) is 31.5 Å². The fourth-order valence-electron chi connectivity index (χ4n) is 1.96. The molecule has 5 nitrogen and oxygen atoms in total. The van der Waals surface area contributed by atoms with Gasteiger partial charge in [-0.3, -0.25) is 0 Å². The van der Waals surface area contributed by atoms with Crippen LogP contribution in [0.3, 0.4) is 0 Å². The van der Waals surface area contributed by atoms with Crippen LogP contribution in [0.25, 0.3) is 10.9 Å². The van der Waals surface area contributed by atoms with E-state index in [2.05, 4.69) is 16.9 Å². The van der Waals surface area contributed by atoms with Gasteiger partial charge < -0.3 is 14.4 Å². The molecule has 0 fully saturated rings. The SMILES string of the molecule is CCOc1cc2c(N(C)CC)nc(Cl)nc2cc1OC. The van der Waals surface area contributed by atoms with E-state index in [4.69, 9.17) is 21.1 Å². The normalized spacial score (nSPS) is 10.7. The van der Waals surface area contributed by atoms with Crippen LogP contribution in [0.5, 0.6) is 11.5 Å². The van der Waals surface area contributed by atoms with Gasteiger partial charge in [0.1, 0.15) is 5.82 Å². The van der Waals surface area contributed by atoms with Crippen LogP contribution in [0.15, 0.2) is 12.1 Å². The molecule has 2 aromatic rings. The minimum Gasteiger partial charge on any atom is -0.493 e. The lowest BCUT2D eigenvalue weighted by atomic mass is 10.2. The van der Waals surface area contributed by atoms with E-state index in [1.807, 2.05) is 31.0 Å². The summed E-state index contributed by atoms with van der Waals surface area (Å²) in [5.41, 5.74) is 0.737. The quantitative estimate of drug-likeness (QED) is 0.793. The first-order chi connectivity index (χ1) is 9.60. The molecule has 0 aliphatic heterocycles. The second-order valence-corrected chi connectivity index (χ2v) is 4.62. The van der Waals surface area contributed by atoms with Crippen LogP contribution in [0.2, 0.25) is 5.28 Å². The maximum Gasteiger partial charge on any atom is 0.224 e. The zero-order valence-electron chi connectivity index (χ0n) is 12.1. The maximum atomic E-state index is 6.00. The lowest BCUT2D eigenvalue weighted by Crippen LogP contribution is -2.18. The van der Waals surface area contributed by atoms with Crippen LogP contribution >= 0.6 is 11.6 Å². The third kappa shape index (κ3) is 2.72. The Bertz CT molecular complexity index is 619. The van der Waals surface area contributed by atoms with Gasteiger partial charge >= 0.3 is 0 Å². The molecule has 0 spiro atoms. The molecule has 0 bridgehead atoms. The fourth-order valence-corrected chi connectivity index (χ4v) is 2.13. The first-order valence-electron chi connectivity index (χ1n) is 6.49. The van der Waals surface area contributed by atoms with Gasteiger partial charge in [-0.2, -0.15) is 4.98 Å². The number of nitrogens with zero attached hydrogens (tertiary/aromatic N) is 3. The Labute approximate surface area is 123 Å². The van der Waals surface area contributed by atoms with Gasteiger partial charge in [0.2, 0.25) is 5.28 Å². The summed E-state index contributed by atoms with van der Waals surface area (Å²) in [5.74, 6) is 2.10. The van der Waals surface area contributed by atoms with Crippen molar-refractivity contribution in [3.05, 3.63) is 17.4 Å². The van der Waals surface area contributed by atoms with Crippen molar-refractivity contribution in [1.29, 1.82) is 0 Å². The van der Waals surface area contributed by atoms with E-state index in [0.717, 1.165) is 23.3 Å². The lowest BCUT2D eigenvalue weighted by molar-refractivity contribution is 0.311. The summed E-state index contributed by atoms with van der Waals surface area (Å²) in [6.45, 7) is 5.36. The molecule has 108 valence electrons. The number of halogens is 1. The third-order valence-corrected chi connectivity index (χ3v) is 3.24. The zero-order chi connectivity index (χ0) is 14.7. The number of fused-ring (bicyclic) bond motifs is 1. The molecular weight excluding hydrogens is 278 g/mol. The Kier molecular flexibility index (Phi) is 4.49. The van der Waals surface area contributed by atoms with Crippen LogP contribution in [-0.4, -0.2) is 37.3 Å². The molecule has 0 atom stereocenters. The number of ether oxygens (including phenoxy) is 2. The smallest absolute Gasteiger partial charge is 0.224 e. The van der Waals surface area contributed by atoms with E-state index >= 15 is 0 Å². The topological polar surface area (TPSA) is 47.5 Å². The molecule has 2 rings (SSSR count). The number of rotatable bonds is 5. The van der Waals surface area contributed by atoms with Crippen LogP contribution in [0.4, 0.5) is 5.82 Å². The predicted octanol–water partition coefficient (Wildman–Crippen LogP) is 3.15. The molecule has 0 saturated heterocycles. The van der Waals surface area contributed by atoms with E-state index < -0.39 is 0 Å². The molecule has 1 aromatic heterocycles. The summed E-state index contributed by atoms with van der Waals surface area (Å²) in [5, 5.41) is 1.11. The lowest BCUT2D eigenvalue weighted by Gasteiger charge is -2.19. The van der Waals surface area contributed by atoms with Crippen molar-refractivity contribution in [2.24, 2.45) is 0 Å². The number of anilines is 1. The summed E-state index contributed by atoms with van der Waals surface area (Å²) >= 11 is 6.00. The molecule has 1 heterocycles. The summed E-state index contributed by atoms with van der Waals surface area (Å²) in [6.07, 6.45) is 0. The Morgan fingerprint density at radius 3 is 2.55 bits per heavy atom. The van der Waals surface area contributed by atoms with E-state index in [0.29, 0.717) is 18.1 Å². The number of benzene rings is 1. The van der Waals surface area contributed by atoms with Gasteiger partial charge in [-0.15, -0.1) is 0 Å². The van der Waals surface area contributed by atoms with E-state index in [-0.39, 0.29) is 5.28 Å². The molecule has 1 aromatic carbocycles. The minimum atomic E-state index is 0.221. The van der Waals surface area contributed by atoms with E-state index in [1.165, 1.54) is 0 Å². The van der Waals surface area contributed by atoms with E-state index in [1.54, 1.807) is 7.11 Å². The largest absolute Gasteiger partial charge is 0.493 e.